The molecule has 102 valence electrons. The van der Waals surface area contributed by atoms with Crippen molar-refractivity contribution in [2.45, 2.75) is 33.7 Å². The Labute approximate surface area is 127 Å². The Morgan fingerprint density at radius 3 is 2.79 bits per heavy atom. The highest BCUT2D eigenvalue weighted by molar-refractivity contribution is 9.10. The van der Waals surface area contributed by atoms with E-state index in [9.17, 15) is 0 Å². The Hall–Kier alpha value is -0.710. The first kappa shape index (κ1) is 14.7. The normalized spacial score (nSPS) is 10.9. The topological polar surface area (TPSA) is 24.9 Å². The molecule has 1 N–H and O–H groups in total. The fraction of sp³-hybridized carbons (Fsp3) is 0.400. The molecule has 4 heteroatoms. The van der Waals surface area contributed by atoms with Gasteiger partial charge < -0.3 is 5.32 Å². The maximum Gasteiger partial charge on any atom is 0.125 e. The zero-order valence-corrected chi connectivity index (χ0v) is 14.0. The zero-order valence-electron chi connectivity index (χ0n) is 11.6. The van der Waals surface area contributed by atoms with Crippen molar-refractivity contribution < 1.29 is 0 Å². The van der Waals surface area contributed by atoms with Gasteiger partial charge in [-0.3, -0.25) is 0 Å². The van der Waals surface area contributed by atoms with E-state index in [0.29, 0.717) is 0 Å². The summed E-state index contributed by atoms with van der Waals surface area (Å²) in [6.45, 7) is 8.34. The summed E-state index contributed by atoms with van der Waals surface area (Å²) in [6.07, 6.45) is 1.16. The van der Waals surface area contributed by atoms with Gasteiger partial charge in [0, 0.05) is 21.5 Å². The van der Waals surface area contributed by atoms with Crippen LogP contribution in [0, 0.1) is 13.8 Å². The summed E-state index contributed by atoms with van der Waals surface area (Å²) in [5.41, 5.74) is 3.57. The molecule has 0 saturated heterocycles. The molecule has 0 amide bonds. The third kappa shape index (κ3) is 3.65. The molecule has 0 bridgehead atoms. The monoisotopic (exact) mass is 338 g/mol. The fourth-order valence-corrected chi connectivity index (χ4v) is 3.76. The van der Waals surface area contributed by atoms with E-state index in [4.69, 9.17) is 4.98 Å². The van der Waals surface area contributed by atoms with Gasteiger partial charge in [0.05, 0.1) is 5.69 Å². The number of rotatable bonds is 5. The van der Waals surface area contributed by atoms with Crippen LogP contribution >= 0.6 is 27.3 Å². The van der Waals surface area contributed by atoms with Crippen molar-refractivity contribution in [3.63, 3.8) is 0 Å². The van der Waals surface area contributed by atoms with Crippen LogP contribution < -0.4 is 5.32 Å². The Morgan fingerprint density at radius 2 is 2.11 bits per heavy atom. The molecule has 0 spiro atoms. The van der Waals surface area contributed by atoms with Gasteiger partial charge in [-0.2, -0.15) is 0 Å². The van der Waals surface area contributed by atoms with Gasteiger partial charge in [-0.25, -0.2) is 4.98 Å². The highest BCUT2D eigenvalue weighted by Gasteiger charge is 2.11. The summed E-state index contributed by atoms with van der Waals surface area (Å²) < 4.78 is 1.12. The molecule has 2 aromatic rings. The molecule has 1 aromatic carbocycles. The molecule has 19 heavy (non-hydrogen) atoms. The van der Waals surface area contributed by atoms with Crippen LogP contribution in [0.1, 0.15) is 29.5 Å². The predicted molar refractivity (Wildman–Crippen MR) is 86.7 cm³/mol. The van der Waals surface area contributed by atoms with Gasteiger partial charge in [-0.05, 0) is 38.4 Å². The van der Waals surface area contributed by atoms with Gasteiger partial charge in [-0.15, -0.1) is 11.3 Å². The summed E-state index contributed by atoms with van der Waals surface area (Å²) in [7, 11) is 0. The van der Waals surface area contributed by atoms with E-state index >= 15 is 0 Å². The summed E-state index contributed by atoms with van der Waals surface area (Å²) in [4.78, 5) is 6.03. The van der Waals surface area contributed by atoms with Crippen molar-refractivity contribution in [1.29, 1.82) is 0 Å². The number of halogens is 1. The Morgan fingerprint density at radius 1 is 1.32 bits per heavy atom. The SMILES string of the molecule is CCCNCc1sc(-c2ccc(C)cc2Br)nc1C. The van der Waals surface area contributed by atoms with E-state index in [1.807, 2.05) is 0 Å². The van der Waals surface area contributed by atoms with E-state index in [2.05, 4.69) is 60.2 Å². The van der Waals surface area contributed by atoms with Crippen molar-refractivity contribution in [2.24, 2.45) is 0 Å². The Kier molecular flexibility index (Phi) is 5.13. The van der Waals surface area contributed by atoms with Gasteiger partial charge >= 0.3 is 0 Å². The average molecular weight is 339 g/mol. The van der Waals surface area contributed by atoms with Crippen LogP contribution in [-0.4, -0.2) is 11.5 Å². The van der Waals surface area contributed by atoms with Crippen molar-refractivity contribution >= 4 is 27.3 Å². The third-order valence-electron chi connectivity index (χ3n) is 2.96. The van der Waals surface area contributed by atoms with E-state index in [1.54, 1.807) is 11.3 Å². The van der Waals surface area contributed by atoms with Gasteiger partial charge in [0.1, 0.15) is 5.01 Å². The summed E-state index contributed by atoms with van der Waals surface area (Å²) >= 11 is 5.41. The molecule has 2 nitrogen and oxygen atoms in total. The second kappa shape index (κ2) is 6.64. The smallest absolute Gasteiger partial charge is 0.125 e. The van der Waals surface area contributed by atoms with Gasteiger partial charge in [0.2, 0.25) is 0 Å². The maximum atomic E-state index is 4.70. The number of nitrogens with zero attached hydrogens (tertiary/aromatic N) is 1. The number of hydrogen-bond acceptors (Lipinski definition) is 3. The van der Waals surface area contributed by atoms with Gasteiger partial charge in [-0.1, -0.05) is 35.0 Å². The molecule has 0 unspecified atom stereocenters. The number of thiazole rings is 1. The molecular formula is C15H19BrN2S. The van der Waals surface area contributed by atoms with Crippen LogP contribution in [0.4, 0.5) is 0 Å². The predicted octanol–water partition coefficient (Wildman–Crippen LogP) is 4.69. The van der Waals surface area contributed by atoms with Gasteiger partial charge in [0.15, 0.2) is 0 Å². The molecule has 1 aromatic heterocycles. The van der Waals surface area contributed by atoms with Crippen molar-refractivity contribution in [3.05, 3.63) is 38.8 Å². The lowest BCUT2D eigenvalue weighted by atomic mass is 10.2. The number of benzene rings is 1. The van der Waals surface area contributed by atoms with Gasteiger partial charge in [0.25, 0.3) is 0 Å². The first-order chi connectivity index (χ1) is 9.11. The molecule has 0 fully saturated rings. The fourth-order valence-electron chi connectivity index (χ4n) is 1.88. The molecular weight excluding hydrogens is 320 g/mol. The zero-order chi connectivity index (χ0) is 13.8. The minimum absolute atomic E-state index is 0.917. The summed E-state index contributed by atoms with van der Waals surface area (Å²) in [5, 5.41) is 4.53. The molecule has 0 radical (unpaired) electrons. The van der Waals surface area contributed by atoms with Crippen LogP contribution in [0.15, 0.2) is 22.7 Å². The first-order valence-corrected chi connectivity index (χ1v) is 8.16. The van der Waals surface area contributed by atoms with Crippen LogP contribution in [0.3, 0.4) is 0 Å². The number of nitrogens with one attached hydrogen (secondary N) is 1. The number of aryl methyl sites for hydroxylation is 2. The minimum Gasteiger partial charge on any atom is -0.312 e. The Bertz CT molecular complexity index is 563. The Balaban J connectivity index is 2.23. The lowest BCUT2D eigenvalue weighted by Gasteiger charge is -2.01. The van der Waals surface area contributed by atoms with Crippen molar-refractivity contribution in [2.75, 3.05) is 6.54 Å². The second-order valence-corrected chi connectivity index (χ2v) is 6.63. The molecule has 1 heterocycles. The van der Waals surface area contributed by atoms with E-state index < -0.39 is 0 Å². The largest absolute Gasteiger partial charge is 0.312 e. The average Bonchev–Trinajstić information content (AvgIpc) is 2.71. The lowest BCUT2D eigenvalue weighted by molar-refractivity contribution is 0.678. The molecule has 0 atom stereocenters. The van der Waals surface area contributed by atoms with Crippen LogP contribution in [-0.2, 0) is 6.54 Å². The highest BCUT2D eigenvalue weighted by Crippen LogP contribution is 2.33. The van der Waals surface area contributed by atoms with Crippen molar-refractivity contribution in [3.8, 4) is 10.6 Å². The maximum absolute atomic E-state index is 4.70. The second-order valence-electron chi connectivity index (χ2n) is 4.69. The van der Waals surface area contributed by atoms with Crippen molar-refractivity contribution in [1.82, 2.24) is 10.3 Å². The minimum atomic E-state index is 0.917. The quantitative estimate of drug-likeness (QED) is 0.800. The number of hydrogen-bond donors (Lipinski definition) is 1. The molecule has 0 saturated carbocycles. The highest BCUT2D eigenvalue weighted by atomic mass is 79.9. The molecule has 0 aliphatic carbocycles. The summed E-state index contributed by atoms with van der Waals surface area (Å²) in [5.74, 6) is 0. The molecule has 0 aliphatic heterocycles. The van der Waals surface area contributed by atoms with Crippen LogP contribution in [0.25, 0.3) is 10.6 Å². The van der Waals surface area contributed by atoms with E-state index in [1.165, 1.54) is 16.0 Å². The van der Waals surface area contributed by atoms with Crippen LogP contribution in [0.2, 0.25) is 0 Å². The lowest BCUT2D eigenvalue weighted by Crippen LogP contribution is -2.13. The third-order valence-corrected chi connectivity index (χ3v) is 4.81. The molecule has 0 aliphatic rings. The molecule has 2 rings (SSSR count). The van der Waals surface area contributed by atoms with E-state index in [-0.39, 0.29) is 0 Å². The summed E-state index contributed by atoms with van der Waals surface area (Å²) in [6, 6.07) is 6.41. The van der Waals surface area contributed by atoms with E-state index in [0.717, 1.165) is 34.7 Å². The standard InChI is InChI=1S/C15H19BrN2S/c1-4-7-17-9-14-11(3)18-15(19-14)12-6-5-10(2)8-13(12)16/h5-6,8,17H,4,7,9H2,1-3H3. The number of aromatic nitrogens is 1. The van der Waals surface area contributed by atoms with Crippen LogP contribution in [0.5, 0.6) is 0 Å². The first-order valence-electron chi connectivity index (χ1n) is 6.55.